The predicted octanol–water partition coefficient (Wildman–Crippen LogP) is 4.46. The van der Waals surface area contributed by atoms with Crippen molar-refractivity contribution >= 4 is 28.6 Å². The molecule has 2 aliphatic heterocycles. The summed E-state index contributed by atoms with van der Waals surface area (Å²) in [5.74, 6) is -0.527. The molecular weight excluding hydrogens is 504 g/mol. The average Bonchev–Trinajstić information content (AvgIpc) is 3.40. The lowest BCUT2D eigenvalue weighted by molar-refractivity contribution is 0.0815. The Bertz CT molecular complexity index is 1430. The third-order valence-electron chi connectivity index (χ3n) is 8.89. The second kappa shape index (κ2) is 11.2. The minimum absolute atomic E-state index is 0.0968. The van der Waals surface area contributed by atoms with Crippen molar-refractivity contribution in [1.82, 2.24) is 9.88 Å². The van der Waals surface area contributed by atoms with Crippen LogP contribution in [0.1, 0.15) is 76.3 Å². The van der Waals surface area contributed by atoms with Crippen molar-refractivity contribution in [2.45, 2.75) is 63.9 Å². The van der Waals surface area contributed by atoms with E-state index in [2.05, 4.69) is 23.1 Å². The molecular formula is C32H38N4O4. The van der Waals surface area contributed by atoms with E-state index in [1.165, 1.54) is 11.3 Å². The number of nitrogens with two attached hydrogens (primary N) is 1. The molecule has 3 heterocycles. The summed E-state index contributed by atoms with van der Waals surface area (Å²) in [6.45, 7) is 5.49. The first-order valence-electron chi connectivity index (χ1n) is 14.6. The monoisotopic (exact) mass is 542 g/mol. The number of carbonyl (C=O) groups excluding carboxylic acids is 2. The molecule has 1 atom stereocenters. The molecule has 40 heavy (non-hydrogen) atoms. The third kappa shape index (κ3) is 5.18. The number of aliphatic hydroxyl groups is 1. The number of hydrogen-bond donors (Lipinski definition) is 2. The minimum atomic E-state index is -0.430. The smallest absolute Gasteiger partial charge is 0.414 e. The Kier molecular flexibility index (Phi) is 7.47. The largest absolute Gasteiger partial charge is 0.447 e. The number of amides is 2. The van der Waals surface area contributed by atoms with Crippen LogP contribution in [0.4, 0.5) is 10.5 Å². The predicted molar refractivity (Wildman–Crippen MR) is 155 cm³/mol. The van der Waals surface area contributed by atoms with Crippen LogP contribution in [-0.4, -0.2) is 65.9 Å². The number of benzene rings is 2. The molecule has 3 aliphatic rings. The van der Waals surface area contributed by atoms with Gasteiger partial charge in [-0.05, 0) is 105 Å². The van der Waals surface area contributed by atoms with Crippen molar-refractivity contribution in [2.75, 3.05) is 37.7 Å². The van der Waals surface area contributed by atoms with E-state index in [1.54, 1.807) is 4.90 Å². The summed E-state index contributed by atoms with van der Waals surface area (Å²) in [7, 11) is 0. The molecule has 0 radical (unpaired) electrons. The van der Waals surface area contributed by atoms with Crippen molar-refractivity contribution in [3.63, 3.8) is 0 Å². The summed E-state index contributed by atoms with van der Waals surface area (Å²) < 4.78 is 5.13. The Hall–Kier alpha value is -3.49. The van der Waals surface area contributed by atoms with E-state index in [0.717, 1.165) is 97.9 Å². The maximum atomic E-state index is 13.0. The maximum absolute atomic E-state index is 13.0. The van der Waals surface area contributed by atoms with Gasteiger partial charge >= 0.3 is 6.09 Å². The number of anilines is 1. The van der Waals surface area contributed by atoms with Gasteiger partial charge in [-0.1, -0.05) is 12.1 Å². The molecule has 2 fully saturated rings. The van der Waals surface area contributed by atoms with Gasteiger partial charge in [0.2, 0.25) is 5.91 Å². The fraction of sp³-hybridized carbons (Fsp3) is 0.469. The molecule has 0 saturated carbocycles. The lowest BCUT2D eigenvalue weighted by atomic mass is 9.81. The van der Waals surface area contributed by atoms with E-state index in [9.17, 15) is 14.7 Å². The molecule has 8 heteroatoms. The third-order valence-corrected chi connectivity index (χ3v) is 8.89. The summed E-state index contributed by atoms with van der Waals surface area (Å²) in [6, 6.07) is 12.2. The minimum Gasteiger partial charge on any atom is -0.447 e. The average molecular weight is 543 g/mol. The summed E-state index contributed by atoms with van der Waals surface area (Å²) in [5, 5.41) is 11.0. The van der Waals surface area contributed by atoms with Crippen molar-refractivity contribution < 1.29 is 19.4 Å². The number of carbonyl (C=O) groups is 2. The Morgan fingerprint density at radius 1 is 1.12 bits per heavy atom. The highest BCUT2D eigenvalue weighted by Crippen LogP contribution is 2.39. The Balaban J connectivity index is 1.46. The standard InChI is InChI=1S/C32H38N4O4/c1-20-18-27(31(33)38)29(26-19-22-4-2-3-5-28(22)34-30(20)26)25(12-15-35-13-10-24(37)11-14-35)21-6-8-23(9-7-21)36-16-17-40-32(36)39/h6-9,18-19,24-25,37H,2-5,10-17H2,1H3,(H2,33,38)/t25-/m1/s1. The van der Waals surface area contributed by atoms with Gasteiger partial charge in [0, 0.05) is 41.3 Å². The quantitative estimate of drug-likeness (QED) is 0.457. The van der Waals surface area contributed by atoms with E-state index in [-0.39, 0.29) is 18.1 Å². The van der Waals surface area contributed by atoms with Gasteiger partial charge in [-0.2, -0.15) is 0 Å². The van der Waals surface area contributed by atoms with Crippen LogP contribution in [0.3, 0.4) is 0 Å². The molecule has 2 amide bonds. The van der Waals surface area contributed by atoms with Crippen molar-refractivity contribution in [1.29, 1.82) is 0 Å². The number of pyridine rings is 1. The second-order valence-corrected chi connectivity index (χ2v) is 11.5. The number of likely N-dealkylation sites (tertiary alicyclic amines) is 1. The highest BCUT2D eigenvalue weighted by atomic mass is 16.6. The first kappa shape index (κ1) is 26.7. The van der Waals surface area contributed by atoms with Crippen LogP contribution >= 0.6 is 0 Å². The van der Waals surface area contributed by atoms with Crippen LogP contribution in [0.2, 0.25) is 0 Å². The number of piperidine rings is 1. The molecule has 3 N–H and O–H groups in total. The molecule has 0 bridgehead atoms. The van der Waals surface area contributed by atoms with E-state index >= 15 is 0 Å². The number of rotatable bonds is 7. The Labute approximate surface area is 235 Å². The van der Waals surface area contributed by atoms with E-state index in [0.29, 0.717) is 18.7 Å². The summed E-state index contributed by atoms with van der Waals surface area (Å²) >= 11 is 0. The molecule has 210 valence electrons. The zero-order valence-electron chi connectivity index (χ0n) is 23.2. The van der Waals surface area contributed by atoms with E-state index < -0.39 is 5.91 Å². The molecule has 2 aromatic carbocycles. The van der Waals surface area contributed by atoms with Gasteiger partial charge in [0.1, 0.15) is 6.61 Å². The molecule has 0 unspecified atom stereocenters. The van der Waals surface area contributed by atoms with Crippen molar-refractivity contribution in [3.8, 4) is 0 Å². The number of primary amides is 1. The molecule has 1 aromatic heterocycles. The molecule has 3 aromatic rings. The first-order chi connectivity index (χ1) is 19.4. The zero-order valence-corrected chi connectivity index (χ0v) is 23.2. The Morgan fingerprint density at radius 3 is 2.58 bits per heavy atom. The van der Waals surface area contributed by atoms with Gasteiger partial charge in [-0.3, -0.25) is 14.7 Å². The SMILES string of the molecule is Cc1cc(C(N)=O)c([C@H](CCN2CCC(O)CC2)c2ccc(N3CCOC3=O)cc2)c2cc3c(nc12)CCCC3. The molecule has 8 nitrogen and oxygen atoms in total. The lowest BCUT2D eigenvalue weighted by Crippen LogP contribution is -2.37. The van der Waals surface area contributed by atoms with Crippen LogP contribution in [0, 0.1) is 6.92 Å². The van der Waals surface area contributed by atoms with Gasteiger partial charge in [0.25, 0.3) is 0 Å². The number of aliphatic hydroxyl groups excluding tert-OH is 1. The van der Waals surface area contributed by atoms with Crippen LogP contribution in [-0.2, 0) is 17.6 Å². The number of fused-ring (bicyclic) bond motifs is 2. The fourth-order valence-corrected chi connectivity index (χ4v) is 6.67. The van der Waals surface area contributed by atoms with Crippen molar-refractivity contribution in [2.24, 2.45) is 5.73 Å². The topological polar surface area (TPSA) is 109 Å². The van der Waals surface area contributed by atoms with Gasteiger partial charge in [-0.15, -0.1) is 0 Å². The molecule has 6 rings (SSSR count). The van der Waals surface area contributed by atoms with Gasteiger partial charge in [0.05, 0.1) is 18.2 Å². The molecule has 1 aliphatic carbocycles. The first-order valence-corrected chi connectivity index (χ1v) is 14.6. The summed E-state index contributed by atoms with van der Waals surface area (Å²) in [6.07, 6.45) is 6.08. The number of hydrogen-bond acceptors (Lipinski definition) is 6. The highest BCUT2D eigenvalue weighted by Gasteiger charge is 2.28. The maximum Gasteiger partial charge on any atom is 0.414 e. The zero-order chi connectivity index (χ0) is 27.8. The summed E-state index contributed by atoms with van der Waals surface area (Å²) in [5.41, 5.74) is 13.8. The van der Waals surface area contributed by atoms with E-state index in [4.69, 9.17) is 15.5 Å². The molecule has 0 spiro atoms. The van der Waals surface area contributed by atoms with Crippen LogP contribution in [0.15, 0.2) is 36.4 Å². The second-order valence-electron chi connectivity index (χ2n) is 11.5. The van der Waals surface area contributed by atoms with Crippen LogP contribution in [0.5, 0.6) is 0 Å². The van der Waals surface area contributed by atoms with Gasteiger partial charge < -0.3 is 20.5 Å². The van der Waals surface area contributed by atoms with Crippen LogP contribution in [0.25, 0.3) is 10.9 Å². The molecule has 2 saturated heterocycles. The number of ether oxygens (including phenoxy) is 1. The van der Waals surface area contributed by atoms with Gasteiger partial charge in [-0.25, -0.2) is 4.79 Å². The lowest BCUT2D eigenvalue weighted by Gasteiger charge is -2.32. The van der Waals surface area contributed by atoms with Gasteiger partial charge in [0.15, 0.2) is 0 Å². The fourth-order valence-electron chi connectivity index (χ4n) is 6.67. The number of aromatic nitrogens is 1. The van der Waals surface area contributed by atoms with Crippen LogP contribution < -0.4 is 10.6 Å². The van der Waals surface area contributed by atoms with E-state index in [1.807, 2.05) is 25.1 Å². The number of cyclic esters (lactones) is 1. The Morgan fingerprint density at radius 2 is 1.88 bits per heavy atom. The van der Waals surface area contributed by atoms with Crippen molar-refractivity contribution in [3.05, 3.63) is 69.9 Å². The summed E-state index contributed by atoms with van der Waals surface area (Å²) in [4.78, 5) is 34.3. The highest BCUT2D eigenvalue weighted by molar-refractivity contribution is 6.02. The number of nitrogens with zero attached hydrogens (tertiary/aromatic N) is 3. The normalized spacial score (nSPS) is 19.1. The number of aryl methyl sites for hydroxylation is 3.